The smallest absolute Gasteiger partial charge is 0.258 e. The monoisotopic (exact) mass is 367 g/mol. The normalized spacial score (nSPS) is 15.8. The van der Waals surface area contributed by atoms with Crippen LogP contribution in [0.4, 0.5) is 10.1 Å². The van der Waals surface area contributed by atoms with Gasteiger partial charge in [-0.1, -0.05) is 29.8 Å². The molecule has 0 fully saturated rings. The van der Waals surface area contributed by atoms with Gasteiger partial charge in [0.25, 0.3) is 5.91 Å². The summed E-state index contributed by atoms with van der Waals surface area (Å²) >= 11 is 6.07. The van der Waals surface area contributed by atoms with Crippen molar-refractivity contribution in [2.45, 2.75) is 12.7 Å². The Balaban J connectivity index is 1.68. The number of carbonyl (C=O) groups is 1. The van der Waals surface area contributed by atoms with Crippen molar-refractivity contribution in [3.05, 3.63) is 94.5 Å². The van der Waals surface area contributed by atoms with Crippen LogP contribution in [-0.4, -0.2) is 15.8 Å². The van der Waals surface area contributed by atoms with Crippen LogP contribution in [0.3, 0.4) is 0 Å². The highest BCUT2D eigenvalue weighted by atomic mass is 35.5. The van der Waals surface area contributed by atoms with Crippen LogP contribution in [0.2, 0.25) is 5.02 Å². The molecule has 0 saturated heterocycles. The van der Waals surface area contributed by atoms with Crippen molar-refractivity contribution in [1.29, 1.82) is 0 Å². The summed E-state index contributed by atoms with van der Waals surface area (Å²) in [7, 11) is 0. The average molecular weight is 368 g/mol. The average Bonchev–Trinajstić information content (AvgIpc) is 2.90. The van der Waals surface area contributed by atoms with E-state index in [0.29, 0.717) is 22.8 Å². The molecule has 1 aliphatic rings. The van der Waals surface area contributed by atoms with Crippen molar-refractivity contribution in [2.75, 3.05) is 5.32 Å². The highest BCUT2D eigenvalue weighted by molar-refractivity contribution is 6.30. The van der Waals surface area contributed by atoms with Gasteiger partial charge >= 0.3 is 0 Å². The Hall–Kier alpha value is -2.92. The first-order chi connectivity index (χ1) is 12.6. The molecule has 1 atom stereocenters. The molecule has 4 nitrogen and oxygen atoms in total. The molecular formula is C20H15ClFN3O. The van der Waals surface area contributed by atoms with Gasteiger partial charge < -0.3 is 10.2 Å². The van der Waals surface area contributed by atoms with Crippen LogP contribution in [0.1, 0.15) is 27.8 Å². The van der Waals surface area contributed by atoms with Gasteiger partial charge in [0.15, 0.2) is 0 Å². The summed E-state index contributed by atoms with van der Waals surface area (Å²) < 4.78 is 13.2. The third-order valence-corrected chi connectivity index (χ3v) is 4.53. The van der Waals surface area contributed by atoms with E-state index in [4.69, 9.17) is 11.6 Å². The summed E-state index contributed by atoms with van der Waals surface area (Å²) in [6, 6.07) is 16.9. The van der Waals surface area contributed by atoms with Gasteiger partial charge in [-0.25, -0.2) is 4.39 Å². The number of hydrogen-bond acceptors (Lipinski definition) is 3. The van der Waals surface area contributed by atoms with Crippen LogP contribution in [0, 0.1) is 5.82 Å². The van der Waals surface area contributed by atoms with Gasteiger partial charge in [0.2, 0.25) is 0 Å². The minimum atomic E-state index is -0.429. The fraction of sp³-hybridized carbons (Fsp3) is 0.100. The van der Waals surface area contributed by atoms with Crippen molar-refractivity contribution in [3.8, 4) is 0 Å². The van der Waals surface area contributed by atoms with Gasteiger partial charge in [-0.05, 0) is 48.0 Å². The van der Waals surface area contributed by atoms with E-state index in [-0.39, 0.29) is 11.7 Å². The fourth-order valence-electron chi connectivity index (χ4n) is 3.07. The molecule has 0 aliphatic carbocycles. The molecule has 2 aromatic carbocycles. The zero-order valence-corrected chi connectivity index (χ0v) is 14.4. The molecule has 1 aliphatic heterocycles. The molecule has 0 unspecified atom stereocenters. The molecule has 130 valence electrons. The highest BCUT2D eigenvalue weighted by Crippen LogP contribution is 2.34. The van der Waals surface area contributed by atoms with E-state index in [1.54, 1.807) is 47.5 Å². The van der Waals surface area contributed by atoms with Crippen molar-refractivity contribution in [2.24, 2.45) is 0 Å². The second kappa shape index (κ2) is 6.77. The second-order valence-corrected chi connectivity index (χ2v) is 6.49. The predicted octanol–water partition coefficient (Wildman–Crippen LogP) is 4.64. The number of nitrogens with zero attached hydrogens (tertiary/aromatic N) is 2. The number of amides is 1. The second-order valence-electron chi connectivity index (χ2n) is 6.05. The number of hydrogen-bond donors (Lipinski definition) is 1. The summed E-state index contributed by atoms with van der Waals surface area (Å²) in [5.41, 5.74) is 2.86. The van der Waals surface area contributed by atoms with Gasteiger partial charge in [0.1, 0.15) is 12.0 Å². The van der Waals surface area contributed by atoms with Crippen LogP contribution in [-0.2, 0) is 6.54 Å². The minimum absolute atomic E-state index is 0.114. The lowest BCUT2D eigenvalue weighted by molar-refractivity contribution is 0.0728. The van der Waals surface area contributed by atoms with Crippen LogP contribution in [0.25, 0.3) is 0 Å². The fourth-order valence-corrected chi connectivity index (χ4v) is 3.26. The molecule has 4 rings (SSSR count). The van der Waals surface area contributed by atoms with E-state index in [9.17, 15) is 9.18 Å². The Labute approximate surface area is 155 Å². The molecular weight excluding hydrogens is 353 g/mol. The lowest BCUT2D eigenvalue weighted by Crippen LogP contribution is -2.32. The van der Waals surface area contributed by atoms with Gasteiger partial charge in [-0.2, -0.15) is 0 Å². The molecule has 1 N–H and O–H groups in total. The quantitative estimate of drug-likeness (QED) is 0.730. The van der Waals surface area contributed by atoms with Crippen LogP contribution < -0.4 is 5.32 Å². The minimum Gasteiger partial charge on any atom is -0.360 e. The third kappa shape index (κ3) is 3.13. The van der Waals surface area contributed by atoms with E-state index in [2.05, 4.69) is 10.3 Å². The number of rotatable bonds is 4. The zero-order valence-electron chi connectivity index (χ0n) is 13.7. The molecule has 0 spiro atoms. The zero-order chi connectivity index (χ0) is 18.1. The number of benzene rings is 2. The molecule has 2 heterocycles. The number of anilines is 1. The van der Waals surface area contributed by atoms with Gasteiger partial charge in [-0.3, -0.25) is 9.78 Å². The molecule has 6 heteroatoms. The van der Waals surface area contributed by atoms with Crippen LogP contribution in [0.15, 0.2) is 66.9 Å². The Morgan fingerprint density at radius 3 is 2.69 bits per heavy atom. The maximum atomic E-state index is 13.2. The summed E-state index contributed by atoms with van der Waals surface area (Å²) in [6.45, 7) is 0.341. The van der Waals surface area contributed by atoms with Crippen LogP contribution >= 0.6 is 11.6 Å². The van der Waals surface area contributed by atoms with E-state index < -0.39 is 6.17 Å². The van der Waals surface area contributed by atoms with E-state index >= 15 is 0 Å². The van der Waals surface area contributed by atoms with Gasteiger partial charge in [0.05, 0.1) is 11.3 Å². The lowest BCUT2D eigenvalue weighted by atomic mass is 10.2. The SMILES string of the molecule is O=C1c2cccnc2[C@@H](Nc2cccc(Cl)c2)N1Cc1ccc(F)cc1. The maximum Gasteiger partial charge on any atom is 0.258 e. The van der Waals surface area contributed by atoms with E-state index in [0.717, 1.165) is 11.3 Å². The molecule has 1 amide bonds. The lowest BCUT2D eigenvalue weighted by Gasteiger charge is -2.26. The van der Waals surface area contributed by atoms with E-state index in [1.165, 1.54) is 12.1 Å². The predicted molar refractivity (Wildman–Crippen MR) is 98.3 cm³/mol. The first-order valence-electron chi connectivity index (χ1n) is 8.14. The molecule has 0 saturated carbocycles. The Morgan fingerprint density at radius 2 is 1.92 bits per heavy atom. The number of fused-ring (bicyclic) bond motifs is 1. The Morgan fingerprint density at radius 1 is 1.12 bits per heavy atom. The number of pyridine rings is 1. The number of nitrogens with one attached hydrogen (secondary N) is 1. The van der Waals surface area contributed by atoms with Gasteiger partial charge in [0, 0.05) is 23.5 Å². The Bertz CT molecular complexity index is 961. The Kier molecular flexibility index (Phi) is 4.31. The summed E-state index contributed by atoms with van der Waals surface area (Å²) in [5, 5.41) is 3.94. The molecule has 0 radical (unpaired) electrons. The van der Waals surface area contributed by atoms with Crippen molar-refractivity contribution < 1.29 is 9.18 Å². The first kappa shape index (κ1) is 16.5. The standard InChI is InChI=1S/C20H15ClFN3O/c21-14-3-1-4-16(11-14)24-19-18-17(5-2-10-23-18)20(26)25(19)12-13-6-8-15(22)9-7-13/h1-11,19,24H,12H2/t19-/m0/s1. The maximum absolute atomic E-state index is 13.2. The molecule has 26 heavy (non-hydrogen) atoms. The number of halogens is 2. The summed E-state index contributed by atoms with van der Waals surface area (Å²) in [6.07, 6.45) is 1.24. The topological polar surface area (TPSA) is 45.2 Å². The molecule has 1 aromatic heterocycles. The number of aromatic nitrogens is 1. The number of carbonyl (C=O) groups excluding carboxylic acids is 1. The third-order valence-electron chi connectivity index (χ3n) is 4.29. The first-order valence-corrected chi connectivity index (χ1v) is 8.52. The largest absolute Gasteiger partial charge is 0.360 e. The highest BCUT2D eigenvalue weighted by Gasteiger charge is 2.37. The molecule has 3 aromatic rings. The summed E-state index contributed by atoms with van der Waals surface area (Å²) in [4.78, 5) is 19.0. The van der Waals surface area contributed by atoms with E-state index in [1.807, 2.05) is 12.1 Å². The summed E-state index contributed by atoms with van der Waals surface area (Å²) in [5.74, 6) is -0.419. The van der Waals surface area contributed by atoms with Crippen molar-refractivity contribution >= 4 is 23.2 Å². The van der Waals surface area contributed by atoms with Crippen molar-refractivity contribution in [3.63, 3.8) is 0 Å². The van der Waals surface area contributed by atoms with Crippen molar-refractivity contribution in [1.82, 2.24) is 9.88 Å². The van der Waals surface area contributed by atoms with Crippen LogP contribution in [0.5, 0.6) is 0 Å². The molecule has 0 bridgehead atoms. The van der Waals surface area contributed by atoms with Gasteiger partial charge in [-0.15, -0.1) is 0 Å².